The zero-order valence-electron chi connectivity index (χ0n) is 12.1. The minimum absolute atomic E-state index is 0.199. The molecule has 1 saturated carbocycles. The highest BCUT2D eigenvalue weighted by Gasteiger charge is 2.43. The summed E-state index contributed by atoms with van der Waals surface area (Å²) in [4.78, 5) is 36.2. The number of carboxylic acid groups (broad SMARTS) is 1. The van der Waals surface area contributed by atoms with Gasteiger partial charge in [0.1, 0.15) is 12.1 Å². The molecule has 0 unspecified atom stereocenters. The number of nitrogens with zero attached hydrogens (tertiary/aromatic N) is 1. The summed E-state index contributed by atoms with van der Waals surface area (Å²) in [5.41, 5.74) is -1.21. The summed E-state index contributed by atoms with van der Waals surface area (Å²) in [5, 5.41) is 11.9. The number of nitrogens with one attached hydrogen (secondary N) is 1. The largest absolute Gasteiger partial charge is 0.480 e. The number of urea groups is 1. The third kappa shape index (κ3) is 3.61. The predicted molar refractivity (Wildman–Crippen MR) is 71.2 cm³/mol. The Morgan fingerprint density at radius 1 is 1.30 bits per heavy atom. The molecular formula is C13H22N2O5. The topological polar surface area (TPSA) is 95.9 Å². The summed E-state index contributed by atoms with van der Waals surface area (Å²) >= 11 is 0. The van der Waals surface area contributed by atoms with Crippen molar-refractivity contribution in [1.82, 2.24) is 10.2 Å². The minimum Gasteiger partial charge on any atom is -0.480 e. The van der Waals surface area contributed by atoms with Gasteiger partial charge in [-0.2, -0.15) is 0 Å². The fraction of sp³-hybridized carbons (Fsp3) is 0.769. The van der Waals surface area contributed by atoms with Crippen LogP contribution in [0.3, 0.4) is 0 Å². The number of hydrogen-bond donors (Lipinski definition) is 2. The van der Waals surface area contributed by atoms with Gasteiger partial charge in [-0.05, 0) is 26.7 Å². The minimum atomic E-state index is -1.21. The van der Waals surface area contributed by atoms with Gasteiger partial charge in [0.15, 0.2) is 0 Å². The number of hydrogen-bond acceptors (Lipinski definition) is 4. The molecule has 0 aliphatic heterocycles. The van der Waals surface area contributed by atoms with E-state index in [1.807, 2.05) is 0 Å². The Morgan fingerprint density at radius 2 is 1.85 bits per heavy atom. The number of aliphatic carboxylic acids is 1. The predicted octanol–water partition coefficient (Wildman–Crippen LogP) is 0.977. The molecule has 0 bridgehead atoms. The summed E-state index contributed by atoms with van der Waals surface area (Å²) < 4.78 is 4.55. The highest BCUT2D eigenvalue weighted by Crippen LogP contribution is 2.30. The molecule has 0 atom stereocenters. The molecule has 20 heavy (non-hydrogen) atoms. The molecule has 114 valence electrons. The third-order valence-corrected chi connectivity index (χ3v) is 3.62. The second kappa shape index (κ2) is 6.58. The fourth-order valence-corrected chi connectivity index (χ4v) is 2.34. The van der Waals surface area contributed by atoms with Gasteiger partial charge in [-0.3, -0.25) is 4.79 Å². The first kappa shape index (κ1) is 16.3. The van der Waals surface area contributed by atoms with Crippen LogP contribution in [0.25, 0.3) is 0 Å². The van der Waals surface area contributed by atoms with E-state index < -0.39 is 23.5 Å². The van der Waals surface area contributed by atoms with Crippen molar-refractivity contribution in [3.8, 4) is 0 Å². The molecule has 0 aromatic rings. The van der Waals surface area contributed by atoms with Crippen LogP contribution >= 0.6 is 0 Å². The Kier molecular flexibility index (Phi) is 5.35. The first-order valence-corrected chi connectivity index (χ1v) is 6.71. The van der Waals surface area contributed by atoms with Crippen molar-refractivity contribution < 1.29 is 24.2 Å². The van der Waals surface area contributed by atoms with Crippen LogP contribution in [-0.2, 0) is 14.3 Å². The Bertz CT molecular complexity index is 388. The van der Waals surface area contributed by atoms with E-state index in [1.54, 1.807) is 13.8 Å². The molecule has 7 heteroatoms. The van der Waals surface area contributed by atoms with Crippen LogP contribution in [0.5, 0.6) is 0 Å². The highest BCUT2D eigenvalue weighted by atomic mass is 16.5. The van der Waals surface area contributed by atoms with Crippen molar-refractivity contribution in [3.63, 3.8) is 0 Å². The Balaban J connectivity index is 2.79. The molecule has 1 aliphatic rings. The number of carbonyl (C=O) groups excluding carboxylic acids is 2. The Hall–Kier alpha value is -1.79. The number of ether oxygens (including phenoxy) is 1. The quantitative estimate of drug-likeness (QED) is 0.734. The first-order valence-electron chi connectivity index (χ1n) is 6.71. The van der Waals surface area contributed by atoms with Gasteiger partial charge in [0.25, 0.3) is 0 Å². The lowest BCUT2D eigenvalue weighted by Crippen LogP contribution is -2.58. The van der Waals surface area contributed by atoms with Gasteiger partial charge in [0.05, 0.1) is 7.11 Å². The molecule has 1 rings (SSSR count). The molecule has 0 radical (unpaired) electrons. The maximum atomic E-state index is 12.2. The molecule has 1 aliphatic carbocycles. The SMILES string of the molecule is COC(=O)CN(C(=O)NC1(C(=O)O)CCCC1)C(C)C. The molecule has 7 nitrogen and oxygen atoms in total. The van der Waals surface area contributed by atoms with Gasteiger partial charge in [0.2, 0.25) is 0 Å². The number of methoxy groups -OCH3 is 1. The van der Waals surface area contributed by atoms with Gasteiger partial charge >= 0.3 is 18.0 Å². The molecule has 2 N–H and O–H groups in total. The normalized spacial score (nSPS) is 16.8. The smallest absolute Gasteiger partial charge is 0.329 e. The lowest BCUT2D eigenvalue weighted by molar-refractivity contribution is -0.144. The zero-order valence-corrected chi connectivity index (χ0v) is 12.1. The molecular weight excluding hydrogens is 264 g/mol. The summed E-state index contributed by atoms with van der Waals surface area (Å²) in [7, 11) is 1.24. The Labute approximate surface area is 118 Å². The van der Waals surface area contributed by atoms with E-state index in [1.165, 1.54) is 12.0 Å². The number of esters is 1. The van der Waals surface area contributed by atoms with Crippen molar-refractivity contribution in [2.45, 2.75) is 51.1 Å². The van der Waals surface area contributed by atoms with Gasteiger partial charge in [-0.15, -0.1) is 0 Å². The Morgan fingerprint density at radius 3 is 2.25 bits per heavy atom. The summed E-state index contributed by atoms with van der Waals surface area (Å²) in [6, 6.07) is -0.781. The molecule has 0 aromatic carbocycles. The van der Waals surface area contributed by atoms with E-state index in [9.17, 15) is 19.5 Å². The van der Waals surface area contributed by atoms with Crippen LogP contribution in [0.1, 0.15) is 39.5 Å². The second-order valence-corrected chi connectivity index (χ2v) is 5.32. The number of carbonyl (C=O) groups is 3. The number of amides is 2. The second-order valence-electron chi connectivity index (χ2n) is 5.32. The van der Waals surface area contributed by atoms with Gasteiger partial charge < -0.3 is 20.1 Å². The van der Waals surface area contributed by atoms with E-state index in [4.69, 9.17) is 0 Å². The number of rotatable bonds is 5. The standard InChI is InChI=1S/C13H22N2O5/c1-9(2)15(8-10(16)20-3)12(19)14-13(11(17)18)6-4-5-7-13/h9H,4-8H2,1-3H3,(H,14,19)(H,17,18). The highest BCUT2D eigenvalue weighted by molar-refractivity contribution is 5.88. The third-order valence-electron chi connectivity index (χ3n) is 3.62. The van der Waals surface area contributed by atoms with E-state index >= 15 is 0 Å². The van der Waals surface area contributed by atoms with Crippen LogP contribution in [0.4, 0.5) is 4.79 Å². The molecule has 0 aromatic heterocycles. The van der Waals surface area contributed by atoms with E-state index in [0.29, 0.717) is 12.8 Å². The van der Waals surface area contributed by atoms with E-state index in [0.717, 1.165) is 12.8 Å². The van der Waals surface area contributed by atoms with Crippen LogP contribution in [0.15, 0.2) is 0 Å². The molecule has 1 fully saturated rings. The van der Waals surface area contributed by atoms with Crippen molar-refractivity contribution >= 4 is 18.0 Å². The van der Waals surface area contributed by atoms with Crippen molar-refractivity contribution in [3.05, 3.63) is 0 Å². The van der Waals surface area contributed by atoms with Crippen molar-refractivity contribution in [2.75, 3.05) is 13.7 Å². The summed E-state index contributed by atoms with van der Waals surface area (Å²) in [5.74, 6) is -1.56. The van der Waals surface area contributed by atoms with Crippen LogP contribution in [0.2, 0.25) is 0 Å². The van der Waals surface area contributed by atoms with E-state index in [2.05, 4.69) is 10.1 Å². The average molecular weight is 286 g/mol. The van der Waals surface area contributed by atoms with Gasteiger partial charge in [0, 0.05) is 6.04 Å². The van der Waals surface area contributed by atoms with E-state index in [-0.39, 0.29) is 12.6 Å². The lowest BCUT2D eigenvalue weighted by atomic mass is 9.98. The number of carboxylic acids is 1. The summed E-state index contributed by atoms with van der Waals surface area (Å²) in [6.45, 7) is 3.31. The monoisotopic (exact) mass is 286 g/mol. The van der Waals surface area contributed by atoms with Crippen LogP contribution in [0, 0.1) is 0 Å². The molecule has 0 spiro atoms. The maximum absolute atomic E-state index is 12.2. The molecule has 0 saturated heterocycles. The molecule has 0 heterocycles. The van der Waals surface area contributed by atoms with Crippen molar-refractivity contribution in [1.29, 1.82) is 0 Å². The van der Waals surface area contributed by atoms with Gasteiger partial charge in [-0.1, -0.05) is 12.8 Å². The summed E-state index contributed by atoms with van der Waals surface area (Å²) in [6.07, 6.45) is 2.37. The van der Waals surface area contributed by atoms with Crippen LogP contribution in [-0.4, -0.2) is 53.2 Å². The van der Waals surface area contributed by atoms with Crippen LogP contribution < -0.4 is 5.32 Å². The average Bonchev–Trinajstić information content (AvgIpc) is 2.84. The fourth-order valence-electron chi connectivity index (χ4n) is 2.34. The van der Waals surface area contributed by atoms with Gasteiger partial charge in [-0.25, -0.2) is 9.59 Å². The molecule has 2 amide bonds. The first-order chi connectivity index (χ1) is 9.32. The zero-order chi connectivity index (χ0) is 15.3. The lowest BCUT2D eigenvalue weighted by Gasteiger charge is -2.31. The maximum Gasteiger partial charge on any atom is 0.329 e. The van der Waals surface area contributed by atoms with Crippen molar-refractivity contribution in [2.24, 2.45) is 0 Å².